The Morgan fingerprint density at radius 3 is 2.43 bits per heavy atom. The quantitative estimate of drug-likeness (QED) is 0.426. The van der Waals surface area contributed by atoms with Crippen molar-refractivity contribution in [2.75, 3.05) is 18.0 Å². The number of carbonyl (C=O) groups is 1. The fraction of sp³-hybridized carbons (Fsp3) is 0.238. The van der Waals surface area contributed by atoms with Crippen molar-refractivity contribution >= 4 is 32.5 Å². The van der Waals surface area contributed by atoms with Crippen LogP contribution in [0.1, 0.15) is 23.2 Å². The molecule has 1 aromatic heterocycles. The largest absolute Gasteiger partial charge is 0.357 e. The number of carbonyl (C=O) groups excluding carboxylic acids is 1. The zero-order chi connectivity index (χ0) is 21.1. The van der Waals surface area contributed by atoms with E-state index >= 15 is 0 Å². The fourth-order valence-electron chi connectivity index (χ4n) is 3.62. The summed E-state index contributed by atoms with van der Waals surface area (Å²) in [5, 5.41) is 10.6. The van der Waals surface area contributed by atoms with Crippen LogP contribution in [0.15, 0.2) is 65.7 Å². The van der Waals surface area contributed by atoms with E-state index in [2.05, 4.69) is 9.71 Å². The lowest BCUT2D eigenvalue weighted by Gasteiger charge is -2.33. The summed E-state index contributed by atoms with van der Waals surface area (Å²) in [6.45, 7) is 1.28. The van der Waals surface area contributed by atoms with Crippen molar-refractivity contribution in [2.24, 2.45) is 0 Å². The van der Waals surface area contributed by atoms with Gasteiger partial charge in [-0.05, 0) is 47.9 Å². The molecular formula is C21H22N4O4S. The van der Waals surface area contributed by atoms with Crippen LogP contribution >= 0.6 is 0 Å². The Kier molecular flexibility index (Phi) is 5.67. The van der Waals surface area contributed by atoms with E-state index in [0.29, 0.717) is 31.7 Å². The van der Waals surface area contributed by atoms with Crippen molar-refractivity contribution in [3.63, 3.8) is 0 Å². The van der Waals surface area contributed by atoms with Crippen LogP contribution in [0.4, 0.5) is 5.82 Å². The number of benzene rings is 2. The summed E-state index contributed by atoms with van der Waals surface area (Å²) in [5.74, 6) is 0.0937. The van der Waals surface area contributed by atoms with Gasteiger partial charge in [-0.2, -0.15) is 0 Å². The Bertz CT molecular complexity index is 1160. The maximum atomic E-state index is 12.8. The van der Waals surface area contributed by atoms with Crippen LogP contribution < -0.4 is 15.1 Å². The molecule has 2 aromatic carbocycles. The number of hydrogen-bond acceptors (Lipinski definition) is 6. The zero-order valence-corrected chi connectivity index (χ0v) is 17.0. The number of nitrogens with one attached hydrogen (secondary N) is 2. The monoisotopic (exact) mass is 426 g/mol. The summed E-state index contributed by atoms with van der Waals surface area (Å²) in [4.78, 5) is 18.0. The van der Waals surface area contributed by atoms with Crippen LogP contribution in [-0.2, 0) is 10.0 Å². The Labute approximate surface area is 174 Å². The van der Waals surface area contributed by atoms with E-state index in [9.17, 15) is 13.2 Å². The lowest BCUT2D eigenvalue weighted by atomic mass is 10.1. The number of rotatable bonds is 5. The molecule has 0 bridgehead atoms. The lowest BCUT2D eigenvalue weighted by Crippen LogP contribution is -2.44. The molecule has 1 aliphatic rings. The normalized spacial score (nSPS) is 15.3. The van der Waals surface area contributed by atoms with Crippen molar-refractivity contribution in [1.82, 2.24) is 15.2 Å². The van der Waals surface area contributed by atoms with Gasteiger partial charge < -0.3 is 4.90 Å². The maximum Gasteiger partial charge on any atom is 0.276 e. The van der Waals surface area contributed by atoms with Gasteiger partial charge >= 0.3 is 0 Å². The van der Waals surface area contributed by atoms with Crippen molar-refractivity contribution in [3.05, 3.63) is 66.4 Å². The van der Waals surface area contributed by atoms with Crippen LogP contribution in [0.3, 0.4) is 0 Å². The number of fused-ring (bicyclic) bond motifs is 1. The van der Waals surface area contributed by atoms with E-state index in [1.54, 1.807) is 29.7 Å². The van der Waals surface area contributed by atoms with Crippen LogP contribution in [0, 0.1) is 0 Å². The van der Waals surface area contributed by atoms with E-state index in [0.717, 1.165) is 10.8 Å². The molecule has 1 fully saturated rings. The summed E-state index contributed by atoms with van der Waals surface area (Å²) < 4.78 is 28.5. The third-order valence-corrected chi connectivity index (χ3v) is 6.80. The number of aromatic nitrogens is 1. The highest BCUT2D eigenvalue weighted by molar-refractivity contribution is 7.89. The van der Waals surface area contributed by atoms with E-state index in [1.807, 2.05) is 35.2 Å². The zero-order valence-electron chi connectivity index (χ0n) is 16.2. The predicted molar refractivity (Wildman–Crippen MR) is 113 cm³/mol. The molecule has 1 amide bonds. The van der Waals surface area contributed by atoms with Gasteiger partial charge in [0.05, 0.1) is 10.5 Å². The third kappa shape index (κ3) is 4.28. The molecule has 0 radical (unpaired) electrons. The van der Waals surface area contributed by atoms with Crippen molar-refractivity contribution < 1.29 is 18.4 Å². The van der Waals surface area contributed by atoms with Crippen molar-refractivity contribution in [2.45, 2.75) is 23.8 Å². The van der Waals surface area contributed by atoms with E-state index in [1.165, 1.54) is 6.20 Å². The van der Waals surface area contributed by atoms with Gasteiger partial charge in [0.15, 0.2) is 0 Å². The van der Waals surface area contributed by atoms with Gasteiger partial charge in [0.2, 0.25) is 10.0 Å². The van der Waals surface area contributed by atoms with Crippen LogP contribution in [-0.4, -0.2) is 43.6 Å². The first-order valence-corrected chi connectivity index (χ1v) is 11.1. The van der Waals surface area contributed by atoms with Crippen LogP contribution in [0.2, 0.25) is 0 Å². The molecular weight excluding hydrogens is 404 g/mol. The maximum absolute atomic E-state index is 12.8. The lowest BCUT2D eigenvalue weighted by molar-refractivity contribution is 0.0706. The minimum atomic E-state index is -3.60. The van der Waals surface area contributed by atoms with Crippen molar-refractivity contribution in [1.29, 1.82) is 0 Å². The highest BCUT2D eigenvalue weighted by Gasteiger charge is 2.25. The standard InChI is InChI=1S/C21H22N4O4S/c26-21(23-27)17-6-8-20(22-14-17)25-11-9-18(10-12-25)24-30(28,29)19-7-5-15-3-1-2-4-16(15)13-19/h1-8,13-14,18,24,27H,9-12H2,(H,23,26). The molecule has 1 saturated heterocycles. The number of hydrogen-bond donors (Lipinski definition) is 3. The second-order valence-electron chi connectivity index (χ2n) is 7.24. The summed E-state index contributed by atoms with van der Waals surface area (Å²) >= 11 is 0. The Balaban J connectivity index is 1.39. The molecule has 156 valence electrons. The summed E-state index contributed by atoms with van der Waals surface area (Å²) in [5.41, 5.74) is 1.84. The number of sulfonamides is 1. The molecule has 0 aliphatic carbocycles. The minimum absolute atomic E-state index is 0.155. The molecule has 3 N–H and O–H groups in total. The summed E-state index contributed by atoms with van der Waals surface area (Å²) in [6, 6.07) is 15.9. The third-order valence-electron chi connectivity index (χ3n) is 5.28. The van der Waals surface area contributed by atoms with E-state index < -0.39 is 15.9 Å². The topological polar surface area (TPSA) is 112 Å². The predicted octanol–water partition coefficient (Wildman–Crippen LogP) is 2.30. The average Bonchev–Trinajstić information content (AvgIpc) is 2.78. The Morgan fingerprint density at radius 2 is 1.77 bits per heavy atom. The second kappa shape index (κ2) is 8.39. The van der Waals surface area contributed by atoms with Gasteiger partial charge in [-0.15, -0.1) is 0 Å². The average molecular weight is 426 g/mol. The first kappa shape index (κ1) is 20.3. The molecule has 0 atom stereocenters. The van der Waals surface area contributed by atoms with Gasteiger partial charge in [0.25, 0.3) is 5.91 Å². The van der Waals surface area contributed by atoms with Gasteiger partial charge in [0, 0.05) is 25.3 Å². The molecule has 9 heteroatoms. The summed E-state index contributed by atoms with van der Waals surface area (Å²) in [7, 11) is -3.60. The number of anilines is 1. The van der Waals surface area contributed by atoms with Crippen LogP contribution in [0.25, 0.3) is 10.8 Å². The second-order valence-corrected chi connectivity index (χ2v) is 8.95. The summed E-state index contributed by atoms with van der Waals surface area (Å²) in [6.07, 6.45) is 2.69. The molecule has 2 heterocycles. The smallest absolute Gasteiger partial charge is 0.276 e. The first-order valence-electron chi connectivity index (χ1n) is 9.63. The number of hydroxylamine groups is 1. The number of nitrogens with zero attached hydrogens (tertiary/aromatic N) is 2. The molecule has 3 aromatic rings. The molecule has 0 spiro atoms. The molecule has 0 unspecified atom stereocenters. The molecule has 4 rings (SSSR count). The molecule has 30 heavy (non-hydrogen) atoms. The molecule has 1 aliphatic heterocycles. The number of piperidine rings is 1. The van der Waals surface area contributed by atoms with Crippen LogP contribution in [0.5, 0.6) is 0 Å². The molecule has 8 nitrogen and oxygen atoms in total. The van der Waals surface area contributed by atoms with Gasteiger partial charge in [-0.3, -0.25) is 10.0 Å². The Morgan fingerprint density at radius 1 is 1.03 bits per heavy atom. The number of amides is 1. The number of pyridine rings is 1. The minimum Gasteiger partial charge on any atom is -0.357 e. The first-order chi connectivity index (χ1) is 14.5. The highest BCUT2D eigenvalue weighted by Crippen LogP contribution is 2.22. The van der Waals surface area contributed by atoms with Gasteiger partial charge in [0.1, 0.15) is 5.82 Å². The van der Waals surface area contributed by atoms with E-state index in [-0.39, 0.29) is 16.5 Å². The van der Waals surface area contributed by atoms with E-state index in [4.69, 9.17) is 5.21 Å². The highest BCUT2D eigenvalue weighted by atomic mass is 32.2. The molecule has 0 saturated carbocycles. The van der Waals surface area contributed by atoms with Gasteiger partial charge in [-0.1, -0.05) is 30.3 Å². The van der Waals surface area contributed by atoms with Crippen molar-refractivity contribution in [3.8, 4) is 0 Å². The Hall–Kier alpha value is -3.01. The fourth-order valence-corrected chi connectivity index (χ4v) is 4.96. The SMILES string of the molecule is O=C(NO)c1ccc(N2CCC(NS(=O)(=O)c3ccc4ccccc4c3)CC2)nc1. The van der Waals surface area contributed by atoms with Gasteiger partial charge in [-0.25, -0.2) is 23.6 Å².